The molecule has 5 heteroatoms. The summed E-state index contributed by atoms with van der Waals surface area (Å²) in [7, 11) is 0. The molecule has 0 radical (unpaired) electrons. The molecule has 1 fully saturated rings. The first kappa shape index (κ1) is 16.1. The molecule has 1 aliphatic rings. The van der Waals surface area contributed by atoms with Crippen LogP contribution in [0.2, 0.25) is 5.02 Å². The SMILES string of the molecule is Cc1ccc(C(=O)N2CCN(C(C)c3ccccc3Cl)CC2)o1. The maximum Gasteiger partial charge on any atom is 0.289 e. The Labute approximate surface area is 141 Å². The summed E-state index contributed by atoms with van der Waals surface area (Å²) < 4.78 is 5.44. The summed E-state index contributed by atoms with van der Waals surface area (Å²) in [6, 6.07) is 11.8. The molecule has 23 heavy (non-hydrogen) atoms. The number of hydrogen-bond donors (Lipinski definition) is 0. The minimum atomic E-state index is -0.0249. The highest BCUT2D eigenvalue weighted by molar-refractivity contribution is 6.31. The van der Waals surface area contributed by atoms with Gasteiger partial charge in [0.2, 0.25) is 0 Å². The predicted molar refractivity (Wildman–Crippen MR) is 90.8 cm³/mol. The van der Waals surface area contributed by atoms with Crippen molar-refractivity contribution in [3.8, 4) is 0 Å². The van der Waals surface area contributed by atoms with Crippen molar-refractivity contribution in [3.63, 3.8) is 0 Å². The van der Waals surface area contributed by atoms with Crippen LogP contribution >= 0.6 is 11.6 Å². The standard InChI is InChI=1S/C18H21ClN2O2/c1-13-7-8-17(23-13)18(22)21-11-9-20(10-12-21)14(2)15-5-3-4-6-16(15)19/h3-8,14H,9-12H2,1-2H3. The van der Waals surface area contributed by atoms with E-state index in [0.717, 1.165) is 29.4 Å². The molecule has 2 heterocycles. The molecule has 0 spiro atoms. The lowest BCUT2D eigenvalue weighted by molar-refractivity contribution is 0.0552. The van der Waals surface area contributed by atoms with Crippen LogP contribution in [0, 0.1) is 6.92 Å². The number of benzene rings is 1. The van der Waals surface area contributed by atoms with Gasteiger partial charge in [-0.1, -0.05) is 29.8 Å². The number of carbonyl (C=O) groups excluding carboxylic acids is 1. The second-order valence-corrected chi connectivity index (χ2v) is 6.34. The van der Waals surface area contributed by atoms with Crippen LogP contribution < -0.4 is 0 Å². The zero-order valence-electron chi connectivity index (χ0n) is 13.5. The lowest BCUT2D eigenvalue weighted by Gasteiger charge is -2.38. The highest BCUT2D eigenvalue weighted by Crippen LogP contribution is 2.28. The average Bonchev–Trinajstić information content (AvgIpc) is 3.01. The number of nitrogens with zero attached hydrogens (tertiary/aromatic N) is 2. The zero-order chi connectivity index (χ0) is 16.4. The van der Waals surface area contributed by atoms with E-state index >= 15 is 0 Å². The highest BCUT2D eigenvalue weighted by Gasteiger charge is 2.27. The number of furan rings is 1. The highest BCUT2D eigenvalue weighted by atomic mass is 35.5. The van der Waals surface area contributed by atoms with Crippen molar-refractivity contribution in [1.29, 1.82) is 0 Å². The number of piperazine rings is 1. The summed E-state index contributed by atoms with van der Waals surface area (Å²) in [5.41, 5.74) is 1.13. The van der Waals surface area contributed by atoms with Gasteiger partial charge in [-0.25, -0.2) is 0 Å². The fourth-order valence-electron chi connectivity index (χ4n) is 3.03. The van der Waals surface area contributed by atoms with Crippen LogP contribution in [0.4, 0.5) is 0 Å². The van der Waals surface area contributed by atoms with E-state index < -0.39 is 0 Å². The Hall–Kier alpha value is -1.78. The Morgan fingerprint density at radius 1 is 1.13 bits per heavy atom. The van der Waals surface area contributed by atoms with E-state index in [4.69, 9.17) is 16.0 Å². The quantitative estimate of drug-likeness (QED) is 0.858. The van der Waals surface area contributed by atoms with Crippen LogP contribution in [0.25, 0.3) is 0 Å². The van der Waals surface area contributed by atoms with Gasteiger partial charge in [-0.15, -0.1) is 0 Å². The zero-order valence-corrected chi connectivity index (χ0v) is 14.2. The minimum Gasteiger partial charge on any atom is -0.456 e. The molecule has 1 amide bonds. The number of hydrogen-bond acceptors (Lipinski definition) is 3. The number of carbonyl (C=O) groups is 1. The van der Waals surface area contributed by atoms with Gasteiger partial charge in [-0.05, 0) is 37.6 Å². The van der Waals surface area contributed by atoms with Crippen molar-refractivity contribution in [2.24, 2.45) is 0 Å². The number of aryl methyl sites for hydroxylation is 1. The third-order valence-electron chi connectivity index (χ3n) is 4.46. The molecule has 1 aliphatic heterocycles. The van der Waals surface area contributed by atoms with Crippen molar-refractivity contribution in [1.82, 2.24) is 9.80 Å². The maximum atomic E-state index is 12.4. The van der Waals surface area contributed by atoms with Gasteiger partial charge in [-0.2, -0.15) is 0 Å². The molecule has 1 aromatic heterocycles. The second kappa shape index (κ2) is 6.77. The van der Waals surface area contributed by atoms with Crippen molar-refractivity contribution < 1.29 is 9.21 Å². The summed E-state index contributed by atoms with van der Waals surface area (Å²) in [6.07, 6.45) is 0. The van der Waals surface area contributed by atoms with E-state index in [0.29, 0.717) is 18.8 Å². The average molecular weight is 333 g/mol. The molecular formula is C18H21ClN2O2. The first-order chi connectivity index (χ1) is 11.1. The molecule has 0 aliphatic carbocycles. The fourth-order valence-corrected chi connectivity index (χ4v) is 3.32. The lowest BCUT2D eigenvalue weighted by Crippen LogP contribution is -2.49. The third kappa shape index (κ3) is 3.43. The third-order valence-corrected chi connectivity index (χ3v) is 4.80. The molecule has 4 nitrogen and oxygen atoms in total. The van der Waals surface area contributed by atoms with Gasteiger partial charge in [-0.3, -0.25) is 9.69 Å². The van der Waals surface area contributed by atoms with Crippen molar-refractivity contribution >= 4 is 17.5 Å². The Balaban J connectivity index is 1.62. The molecule has 1 unspecified atom stereocenters. The molecule has 3 rings (SSSR count). The molecular weight excluding hydrogens is 312 g/mol. The van der Waals surface area contributed by atoms with E-state index in [2.05, 4.69) is 17.9 Å². The van der Waals surface area contributed by atoms with Gasteiger partial charge in [0, 0.05) is 37.2 Å². The van der Waals surface area contributed by atoms with E-state index in [9.17, 15) is 4.79 Å². The van der Waals surface area contributed by atoms with Crippen LogP contribution in [0.5, 0.6) is 0 Å². The molecule has 0 N–H and O–H groups in total. The summed E-state index contributed by atoms with van der Waals surface area (Å²) in [4.78, 5) is 16.6. The Bertz CT molecular complexity index is 690. The Kier molecular flexibility index (Phi) is 4.74. The van der Waals surface area contributed by atoms with Crippen LogP contribution in [0.15, 0.2) is 40.8 Å². The van der Waals surface area contributed by atoms with Gasteiger partial charge in [0.25, 0.3) is 5.91 Å². The van der Waals surface area contributed by atoms with E-state index in [1.165, 1.54) is 0 Å². The molecule has 2 aromatic rings. The van der Waals surface area contributed by atoms with Gasteiger partial charge in [0.1, 0.15) is 5.76 Å². The van der Waals surface area contributed by atoms with Gasteiger partial charge >= 0.3 is 0 Å². The molecule has 1 saturated heterocycles. The number of halogens is 1. The first-order valence-electron chi connectivity index (χ1n) is 7.90. The summed E-state index contributed by atoms with van der Waals surface area (Å²) in [5.74, 6) is 1.16. The summed E-state index contributed by atoms with van der Waals surface area (Å²) in [6.45, 7) is 7.07. The van der Waals surface area contributed by atoms with Crippen LogP contribution in [-0.2, 0) is 0 Å². The van der Waals surface area contributed by atoms with Gasteiger partial charge < -0.3 is 9.32 Å². The molecule has 122 valence electrons. The maximum absolute atomic E-state index is 12.4. The monoisotopic (exact) mass is 332 g/mol. The summed E-state index contributed by atoms with van der Waals surface area (Å²) >= 11 is 6.30. The normalized spacial score (nSPS) is 17.3. The van der Waals surface area contributed by atoms with Crippen molar-refractivity contribution in [3.05, 3.63) is 58.5 Å². The largest absolute Gasteiger partial charge is 0.456 e. The fraction of sp³-hybridized carbons (Fsp3) is 0.389. The lowest BCUT2D eigenvalue weighted by atomic mass is 10.1. The minimum absolute atomic E-state index is 0.0249. The smallest absolute Gasteiger partial charge is 0.289 e. The topological polar surface area (TPSA) is 36.7 Å². The van der Waals surface area contributed by atoms with Crippen LogP contribution in [0.3, 0.4) is 0 Å². The number of rotatable bonds is 3. The first-order valence-corrected chi connectivity index (χ1v) is 8.28. The molecule has 0 saturated carbocycles. The van der Waals surface area contributed by atoms with E-state index in [1.54, 1.807) is 6.07 Å². The predicted octanol–water partition coefficient (Wildman–Crippen LogP) is 3.76. The molecule has 0 bridgehead atoms. The Morgan fingerprint density at radius 2 is 1.83 bits per heavy atom. The van der Waals surface area contributed by atoms with Crippen LogP contribution in [0.1, 0.15) is 34.8 Å². The molecule has 1 atom stereocenters. The van der Waals surface area contributed by atoms with E-state index in [-0.39, 0.29) is 11.9 Å². The van der Waals surface area contributed by atoms with Crippen LogP contribution in [-0.4, -0.2) is 41.9 Å². The van der Waals surface area contributed by atoms with E-state index in [1.807, 2.05) is 36.1 Å². The second-order valence-electron chi connectivity index (χ2n) is 5.94. The van der Waals surface area contributed by atoms with Crippen molar-refractivity contribution in [2.45, 2.75) is 19.9 Å². The number of amides is 1. The Morgan fingerprint density at radius 3 is 2.43 bits per heavy atom. The van der Waals surface area contributed by atoms with Gasteiger partial charge in [0.05, 0.1) is 0 Å². The van der Waals surface area contributed by atoms with Gasteiger partial charge in [0.15, 0.2) is 5.76 Å². The summed E-state index contributed by atoms with van der Waals surface area (Å²) in [5, 5.41) is 0.796. The molecule has 1 aromatic carbocycles. The van der Waals surface area contributed by atoms with Crippen molar-refractivity contribution in [2.75, 3.05) is 26.2 Å².